The molecule has 0 radical (unpaired) electrons. The van der Waals surface area contributed by atoms with Gasteiger partial charge in [0.05, 0.1) is 12.3 Å². The summed E-state index contributed by atoms with van der Waals surface area (Å²) in [5.74, 6) is 0.989. The molecule has 0 saturated heterocycles. The van der Waals surface area contributed by atoms with E-state index in [1.54, 1.807) is 59.5 Å². The predicted octanol–water partition coefficient (Wildman–Crippen LogP) is 5.10. The summed E-state index contributed by atoms with van der Waals surface area (Å²) < 4.78 is 11.3. The molecule has 6 nitrogen and oxygen atoms in total. The smallest absolute Gasteiger partial charge is 0.265 e. The average Bonchev–Trinajstić information content (AvgIpc) is 2.79. The molecule has 32 heavy (non-hydrogen) atoms. The number of fused-ring (bicyclic) bond motifs is 1. The Labute approximate surface area is 191 Å². The summed E-state index contributed by atoms with van der Waals surface area (Å²) in [4.78, 5) is 26.7. The number of amides is 2. The van der Waals surface area contributed by atoms with Crippen LogP contribution in [0.15, 0.2) is 66.7 Å². The normalized spacial score (nSPS) is 12.7. The fraction of sp³-hybridized carbons (Fsp3) is 0.200. The standard InChI is InChI=1S/C25H23ClN2O4/c1-17-3-5-18(6-4-17)25(30)27-20-9-12-23-22(15-20)28(24(29)16-32-23)13-2-14-31-21-10-7-19(26)8-11-21/h3-12,15H,2,13-14,16H2,1H3,(H,27,30). The Balaban J connectivity index is 1.41. The van der Waals surface area contributed by atoms with Crippen molar-refractivity contribution in [2.24, 2.45) is 0 Å². The van der Waals surface area contributed by atoms with Crippen molar-refractivity contribution in [3.63, 3.8) is 0 Å². The maximum absolute atomic E-state index is 12.6. The molecule has 2 amide bonds. The highest BCUT2D eigenvalue weighted by atomic mass is 35.5. The van der Waals surface area contributed by atoms with Gasteiger partial charge in [0.15, 0.2) is 6.61 Å². The van der Waals surface area contributed by atoms with Crippen LogP contribution in [0.1, 0.15) is 22.3 Å². The number of carbonyl (C=O) groups is 2. The molecule has 0 atom stereocenters. The van der Waals surface area contributed by atoms with Crippen LogP contribution >= 0.6 is 11.6 Å². The Morgan fingerprint density at radius 3 is 2.59 bits per heavy atom. The molecule has 0 aliphatic carbocycles. The van der Waals surface area contributed by atoms with Crippen molar-refractivity contribution in [2.75, 3.05) is 30.0 Å². The minimum atomic E-state index is -0.212. The number of hydrogen-bond donors (Lipinski definition) is 1. The number of nitrogens with zero attached hydrogens (tertiary/aromatic N) is 1. The molecular weight excluding hydrogens is 428 g/mol. The van der Waals surface area contributed by atoms with E-state index >= 15 is 0 Å². The molecule has 1 aliphatic rings. The third-order valence-electron chi connectivity index (χ3n) is 5.08. The number of aryl methyl sites for hydroxylation is 1. The number of halogens is 1. The first-order chi connectivity index (χ1) is 15.5. The molecule has 0 saturated carbocycles. The summed E-state index contributed by atoms with van der Waals surface area (Å²) in [7, 11) is 0. The molecule has 1 aliphatic heterocycles. The lowest BCUT2D eigenvalue weighted by Gasteiger charge is -2.30. The van der Waals surface area contributed by atoms with Crippen molar-refractivity contribution in [3.8, 4) is 11.5 Å². The third-order valence-corrected chi connectivity index (χ3v) is 5.33. The van der Waals surface area contributed by atoms with Crippen molar-refractivity contribution < 1.29 is 19.1 Å². The van der Waals surface area contributed by atoms with Crippen LogP contribution in [0.25, 0.3) is 0 Å². The molecular formula is C25H23ClN2O4. The molecule has 1 N–H and O–H groups in total. The van der Waals surface area contributed by atoms with Crippen molar-refractivity contribution in [1.82, 2.24) is 0 Å². The summed E-state index contributed by atoms with van der Waals surface area (Å²) in [5.41, 5.74) is 2.88. The third kappa shape index (κ3) is 5.21. The van der Waals surface area contributed by atoms with Crippen molar-refractivity contribution in [1.29, 1.82) is 0 Å². The highest BCUT2D eigenvalue weighted by Gasteiger charge is 2.25. The summed E-state index contributed by atoms with van der Waals surface area (Å²) in [6, 6.07) is 19.8. The van der Waals surface area contributed by atoms with E-state index in [2.05, 4.69) is 5.32 Å². The number of hydrogen-bond acceptors (Lipinski definition) is 4. The monoisotopic (exact) mass is 450 g/mol. The van der Waals surface area contributed by atoms with E-state index in [-0.39, 0.29) is 18.4 Å². The highest BCUT2D eigenvalue weighted by Crippen LogP contribution is 2.35. The van der Waals surface area contributed by atoms with Crippen molar-refractivity contribution in [2.45, 2.75) is 13.3 Å². The van der Waals surface area contributed by atoms with Crippen molar-refractivity contribution >= 4 is 34.8 Å². The maximum atomic E-state index is 12.6. The van der Waals surface area contributed by atoms with Crippen LogP contribution in [0.5, 0.6) is 11.5 Å². The number of rotatable bonds is 7. The van der Waals surface area contributed by atoms with E-state index in [1.807, 2.05) is 19.1 Å². The molecule has 0 bridgehead atoms. The second-order valence-electron chi connectivity index (χ2n) is 7.49. The van der Waals surface area contributed by atoms with Gasteiger partial charge in [-0.25, -0.2) is 0 Å². The molecule has 3 aromatic rings. The fourth-order valence-corrected chi connectivity index (χ4v) is 3.50. The minimum absolute atomic E-state index is 0.0138. The van der Waals surface area contributed by atoms with Crippen LogP contribution in [0.2, 0.25) is 5.02 Å². The van der Waals surface area contributed by atoms with Gasteiger partial charge in [-0.2, -0.15) is 0 Å². The van der Waals surface area contributed by atoms with E-state index in [9.17, 15) is 9.59 Å². The van der Waals surface area contributed by atoms with Crippen LogP contribution in [0, 0.1) is 6.92 Å². The molecule has 0 fully saturated rings. The lowest BCUT2D eigenvalue weighted by molar-refractivity contribution is -0.121. The number of benzene rings is 3. The summed E-state index contributed by atoms with van der Waals surface area (Å²) in [6.45, 7) is 2.88. The van der Waals surface area contributed by atoms with E-state index in [4.69, 9.17) is 21.1 Å². The molecule has 7 heteroatoms. The first-order valence-electron chi connectivity index (χ1n) is 10.3. The van der Waals surface area contributed by atoms with E-state index in [0.717, 1.165) is 11.3 Å². The molecule has 0 aromatic heterocycles. The summed E-state index contributed by atoms with van der Waals surface area (Å²) in [6.07, 6.45) is 0.633. The zero-order chi connectivity index (χ0) is 22.5. The zero-order valence-corrected chi connectivity index (χ0v) is 18.4. The van der Waals surface area contributed by atoms with Crippen LogP contribution in [0.4, 0.5) is 11.4 Å². The molecule has 164 valence electrons. The van der Waals surface area contributed by atoms with Gasteiger partial charge in [0.1, 0.15) is 11.5 Å². The number of nitrogens with one attached hydrogen (secondary N) is 1. The van der Waals surface area contributed by atoms with Crippen LogP contribution in [-0.2, 0) is 4.79 Å². The Bertz CT molecular complexity index is 1110. The first-order valence-corrected chi connectivity index (χ1v) is 10.7. The van der Waals surface area contributed by atoms with Crippen LogP contribution in [-0.4, -0.2) is 31.6 Å². The second-order valence-corrected chi connectivity index (χ2v) is 7.93. The highest BCUT2D eigenvalue weighted by molar-refractivity contribution is 6.30. The Morgan fingerprint density at radius 2 is 1.84 bits per heavy atom. The molecule has 3 aromatic carbocycles. The van der Waals surface area contributed by atoms with Gasteiger partial charge in [-0.1, -0.05) is 29.3 Å². The predicted molar refractivity (Wildman–Crippen MR) is 125 cm³/mol. The average molecular weight is 451 g/mol. The summed E-state index contributed by atoms with van der Waals surface area (Å²) >= 11 is 5.89. The second kappa shape index (κ2) is 9.75. The topological polar surface area (TPSA) is 67.9 Å². The molecule has 0 unspecified atom stereocenters. The van der Waals surface area contributed by atoms with E-state index in [1.165, 1.54) is 0 Å². The first kappa shape index (κ1) is 21.7. The lowest BCUT2D eigenvalue weighted by atomic mass is 10.1. The Hall–Kier alpha value is -3.51. The van der Waals surface area contributed by atoms with Crippen molar-refractivity contribution in [3.05, 3.63) is 82.9 Å². The van der Waals surface area contributed by atoms with Crippen LogP contribution in [0.3, 0.4) is 0 Å². The van der Waals surface area contributed by atoms with Gasteiger partial charge in [-0.05, 0) is 67.9 Å². The van der Waals surface area contributed by atoms with Gasteiger partial charge in [0.2, 0.25) is 0 Å². The van der Waals surface area contributed by atoms with Gasteiger partial charge in [0, 0.05) is 22.8 Å². The van der Waals surface area contributed by atoms with E-state index in [0.29, 0.717) is 47.3 Å². The van der Waals surface area contributed by atoms with Gasteiger partial charge < -0.3 is 19.7 Å². The van der Waals surface area contributed by atoms with E-state index < -0.39 is 0 Å². The number of anilines is 2. The SMILES string of the molecule is Cc1ccc(C(=O)Nc2ccc3c(c2)N(CCCOc2ccc(Cl)cc2)C(=O)CO3)cc1. The van der Waals surface area contributed by atoms with Gasteiger partial charge in [-0.15, -0.1) is 0 Å². The van der Waals surface area contributed by atoms with Gasteiger partial charge in [-0.3, -0.25) is 9.59 Å². The van der Waals surface area contributed by atoms with Crippen LogP contribution < -0.4 is 19.7 Å². The quantitative estimate of drug-likeness (QED) is 0.509. The number of ether oxygens (including phenoxy) is 2. The Morgan fingerprint density at radius 1 is 1.09 bits per heavy atom. The summed E-state index contributed by atoms with van der Waals surface area (Å²) in [5, 5.41) is 3.54. The largest absolute Gasteiger partial charge is 0.494 e. The molecule has 4 rings (SSSR count). The minimum Gasteiger partial charge on any atom is -0.494 e. The molecule has 1 heterocycles. The van der Waals surface area contributed by atoms with Gasteiger partial charge in [0.25, 0.3) is 11.8 Å². The fourth-order valence-electron chi connectivity index (χ4n) is 3.38. The lowest BCUT2D eigenvalue weighted by Crippen LogP contribution is -2.39. The molecule has 0 spiro atoms. The Kier molecular flexibility index (Phi) is 6.61. The zero-order valence-electron chi connectivity index (χ0n) is 17.6. The maximum Gasteiger partial charge on any atom is 0.265 e. The number of carbonyl (C=O) groups excluding carboxylic acids is 2. The van der Waals surface area contributed by atoms with Gasteiger partial charge >= 0.3 is 0 Å².